The number of hydrogen-bond acceptors (Lipinski definition) is 5. The predicted octanol–water partition coefficient (Wildman–Crippen LogP) is -0.570. The van der Waals surface area contributed by atoms with Crippen LogP contribution in [0.2, 0.25) is 0 Å². The molecule has 1 saturated heterocycles. The zero-order valence-corrected chi connectivity index (χ0v) is 19.6. The van der Waals surface area contributed by atoms with Gasteiger partial charge in [0.25, 0.3) is 0 Å². The summed E-state index contributed by atoms with van der Waals surface area (Å²) in [6.45, 7) is 6.32. The van der Waals surface area contributed by atoms with Gasteiger partial charge in [0.2, 0.25) is 0 Å². The number of hydrogen-bond donors (Lipinski definition) is 1. The Morgan fingerprint density at radius 2 is 2.11 bits per heavy atom. The van der Waals surface area contributed by atoms with Crippen LogP contribution in [0.25, 0.3) is 5.69 Å². The van der Waals surface area contributed by atoms with Crippen molar-refractivity contribution in [1.29, 1.82) is 0 Å². The summed E-state index contributed by atoms with van der Waals surface area (Å²) in [6.07, 6.45) is 4.12. The first-order chi connectivity index (χ1) is 13.1. The molecule has 4 rings (SSSR count). The van der Waals surface area contributed by atoms with Crippen molar-refractivity contribution in [3.05, 3.63) is 44.4 Å². The molecular formula is C19H23I2N4O2-. The van der Waals surface area contributed by atoms with Crippen molar-refractivity contribution in [1.82, 2.24) is 15.1 Å². The second-order valence-electron chi connectivity index (χ2n) is 7.46. The Kier molecular flexibility index (Phi) is 5.93. The fourth-order valence-corrected chi connectivity index (χ4v) is 5.62. The number of ether oxygens (including phenoxy) is 1. The Balaban J connectivity index is 1.73. The average Bonchev–Trinajstić information content (AvgIpc) is 3.45. The molecule has 0 bridgehead atoms. The molecule has 1 aliphatic carbocycles. The number of rotatable bonds is 6. The van der Waals surface area contributed by atoms with Gasteiger partial charge in [-0.05, 0) is 0 Å². The Hall–Kier alpha value is -0.880. The van der Waals surface area contributed by atoms with Crippen LogP contribution in [-0.4, -0.2) is 42.6 Å². The number of piperazine rings is 1. The molecular weight excluding hydrogens is 570 g/mol. The topological polar surface area (TPSA) is 59.4 Å². The Morgan fingerprint density at radius 3 is 2.81 bits per heavy atom. The van der Waals surface area contributed by atoms with E-state index in [1.54, 1.807) is 6.20 Å². The van der Waals surface area contributed by atoms with Crippen molar-refractivity contribution in [3.8, 4) is 11.4 Å². The van der Waals surface area contributed by atoms with Crippen molar-refractivity contribution in [2.75, 3.05) is 37.7 Å². The van der Waals surface area contributed by atoms with E-state index in [1.165, 1.54) is 8.25 Å². The van der Waals surface area contributed by atoms with Crippen LogP contribution in [0, 0.1) is 8.99 Å². The van der Waals surface area contributed by atoms with E-state index >= 15 is 0 Å². The number of benzene rings is 1. The summed E-state index contributed by atoms with van der Waals surface area (Å²) in [7, 11) is 0. The molecule has 146 valence electrons. The van der Waals surface area contributed by atoms with Crippen molar-refractivity contribution < 1.29 is 22.0 Å². The van der Waals surface area contributed by atoms with E-state index in [1.807, 2.05) is 12.1 Å². The summed E-state index contributed by atoms with van der Waals surface area (Å²) in [5, 5.41) is 7.84. The van der Waals surface area contributed by atoms with Crippen LogP contribution >= 0.6 is 18.6 Å². The predicted molar refractivity (Wildman–Crippen MR) is 110 cm³/mol. The standard InChI is InChI=1S/C19H23I2N4O2/c1-19(5-6-19)13-27-17-16(24-9-7-22-8-10-24)12-23-25(18(17)26)15-4-2-3-14(11-15)21-20/h2-4,11-12,22H,5-10,13H2,1H3/q-1. The summed E-state index contributed by atoms with van der Waals surface area (Å²) in [6, 6.07) is 8.09. The summed E-state index contributed by atoms with van der Waals surface area (Å²) in [5.41, 5.74) is 1.68. The van der Waals surface area contributed by atoms with Gasteiger partial charge in [-0.3, -0.25) is 0 Å². The van der Waals surface area contributed by atoms with Gasteiger partial charge in [-0.2, -0.15) is 0 Å². The molecule has 1 N–H and O–H groups in total. The van der Waals surface area contributed by atoms with Crippen LogP contribution in [0.15, 0.2) is 35.3 Å². The fourth-order valence-electron chi connectivity index (χ4n) is 3.14. The first kappa shape index (κ1) is 19.4. The SMILES string of the molecule is CC1(COc2c(N3CCNCC3)cnn(-c3cccc([I-]I)c3)c2=O)CC1. The Bertz CT molecular complexity index is 876. The van der Waals surface area contributed by atoms with Crippen LogP contribution in [0.5, 0.6) is 5.75 Å². The summed E-state index contributed by atoms with van der Waals surface area (Å²) in [4.78, 5) is 15.5. The van der Waals surface area contributed by atoms with Crippen molar-refractivity contribution in [3.63, 3.8) is 0 Å². The summed E-state index contributed by atoms with van der Waals surface area (Å²) < 4.78 is 8.90. The Morgan fingerprint density at radius 1 is 1.33 bits per heavy atom. The molecule has 6 nitrogen and oxygen atoms in total. The normalized spacial score (nSPS) is 18.5. The van der Waals surface area contributed by atoms with Gasteiger partial charge < -0.3 is 0 Å². The van der Waals surface area contributed by atoms with Gasteiger partial charge in [0.05, 0.1) is 0 Å². The summed E-state index contributed by atoms with van der Waals surface area (Å²) >= 11 is 2.36. The van der Waals surface area contributed by atoms with Crippen molar-refractivity contribution >= 4 is 24.3 Å². The zero-order valence-electron chi connectivity index (χ0n) is 15.3. The second kappa shape index (κ2) is 8.24. The van der Waals surface area contributed by atoms with Crippen LogP contribution in [-0.2, 0) is 0 Å². The molecule has 0 radical (unpaired) electrons. The quantitative estimate of drug-likeness (QED) is 0.456. The first-order valence-corrected chi connectivity index (χ1v) is 16.5. The van der Waals surface area contributed by atoms with Crippen LogP contribution in [0.4, 0.5) is 5.69 Å². The molecule has 2 aliphatic rings. The van der Waals surface area contributed by atoms with Crippen LogP contribution in [0.3, 0.4) is 0 Å². The molecule has 1 saturated carbocycles. The van der Waals surface area contributed by atoms with E-state index in [0.717, 1.165) is 50.4 Å². The molecule has 0 spiro atoms. The van der Waals surface area contributed by atoms with E-state index in [2.05, 4.69) is 53.0 Å². The minimum absolute atomic E-state index is 0.0686. The molecule has 2 fully saturated rings. The third-order valence-electron chi connectivity index (χ3n) is 5.18. The number of aromatic nitrogens is 2. The van der Waals surface area contributed by atoms with E-state index in [-0.39, 0.29) is 28.2 Å². The van der Waals surface area contributed by atoms with Gasteiger partial charge >= 0.3 is 180 Å². The number of anilines is 1. The second-order valence-corrected chi connectivity index (χ2v) is 11.9. The molecule has 0 unspecified atom stereocenters. The maximum atomic E-state index is 13.3. The van der Waals surface area contributed by atoms with Gasteiger partial charge in [0, 0.05) is 0 Å². The third kappa shape index (κ3) is 4.42. The van der Waals surface area contributed by atoms with Gasteiger partial charge in [0.15, 0.2) is 0 Å². The van der Waals surface area contributed by atoms with E-state index in [4.69, 9.17) is 4.74 Å². The average molecular weight is 593 g/mol. The number of halogens is 2. The van der Waals surface area contributed by atoms with Crippen LogP contribution in [0.1, 0.15) is 19.8 Å². The Labute approximate surface area is 179 Å². The molecule has 2 aromatic rings. The minimum atomic E-state index is -0.168. The molecule has 8 heteroatoms. The van der Waals surface area contributed by atoms with E-state index < -0.39 is 0 Å². The van der Waals surface area contributed by atoms with Gasteiger partial charge in [0.1, 0.15) is 0 Å². The zero-order chi connectivity index (χ0) is 18.9. The summed E-state index contributed by atoms with van der Waals surface area (Å²) in [5.74, 6) is 0.439. The molecule has 1 aromatic carbocycles. The monoisotopic (exact) mass is 593 g/mol. The maximum absolute atomic E-state index is 13.3. The van der Waals surface area contributed by atoms with E-state index in [0.29, 0.717) is 12.4 Å². The molecule has 0 atom stereocenters. The number of nitrogens with one attached hydrogen (secondary N) is 1. The van der Waals surface area contributed by atoms with Crippen LogP contribution < -0.4 is 37.7 Å². The van der Waals surface area contributed by atoms with Crippen molar-refractivity contribution in [2.24, 2.45) is 5.41 Å². The fraction of sp³-hybridized carbons (Fsp3) is 0.474. The molecule has 1 aromatic heterocycles. The molecule has 2 heterocycles. The molecule has 1 aliphatic heterocycles. The molecule has 27 heavy (non-hydrogen) atoms. The number of nitrogens with zero attached hydrogens (tertiary/aromatic N) is 3. The van der Waals surface area contributed by atoms with Gasteiger partial charge in [-0.15, -0.1) is 0 Å². The first-order valence-electron chi connectivity index (χ1n) is 9.17. The third-order valence-corrected chi connectivity index (χ3v) is 9.48. The van der Waals surface area contributed by atoms with E-state index in [9.17, 15) is 4.79 Å². The van der Waals surface area contributed by atoms with Gasteiger partial charge in [-0.1, -0.05) is 0 Å². The van der Waals surface area contributed by atoms with Crippen molar-refractivity contribution in [2.45, 2.75) is 19.8 Å². The molecule has 0 amide bonds. The van der Waals surface area contributed by atoms with Gasteiger partial charge in [-0.25, -0.2) is 0 Å².